The van der Waals surface area contributed by atoms with Crippen LogP contribution in [-0.2, 0) is 11.3 Å². The van der Waals surface area contributed by atoms with Crippen LogP contribution in [0.5, 0.6) is 11.5 Å². The highest BCUT2D eigenvalue weighted by Gasteiger charge is 2.17. The Kier molecular flexibility index (Phi) is 8.99. The van der Waals surface area contributed by atoms with Gasteiger partial charge in [-0.25, -0.2) is 0 Å². The van der Waals surface area contributed by atoms with Crippen molar-refractivity contribution in [2.45, 2.75) is 19.1 Å². The molecule has 1 aromatic carbocycles. The molecule has 1 aromatic rings. The lowest BCUT2D eigenvalue weighted by molar-refractivity contribution is 0.00436. The van der Waals surface area contributed by atoms with E-state index in [1.807, 2.05) is 18.2 Å². The molecule has 1 aliphatic heterocycles. The predicted octanol–water partition coefficient (Wildman–Crippen LogP) is 0.239. The van der Waals surface area contributed by atoms with E-state index in [1.54, 1.807) is 7.11 Å². The number of rotatable bonds is 11. The Morgan fingerprint density at radius 2 is 2.12 bits per heavy atom. The highest BCUT2D eigenvalue weighted by molar-refractivity contribution is 5.46. The van der Waals surface area contributed by atoms with Crippen LogP contribution in [-0.4, -0.2) is 80.9 Å². The number of β-amino-alcohol motifs (C(OH)–C–C–N with tert-alkyl or cyclic N) is 1. The van der Waals surface area contributed by atoms with Crippen LogP contribution >= 0.6 is 0 Å². The molecule has 0 aromatic heterocycles. The van der Waals surface area contributed by atoms with Gasteiger partial charge in [-0.05, 0) is 19.0 Å². The van der Waals surface area contributed by atoms with E-state index in [1.165, 1.54) is 0 Å². The van der Waals surface area contributed by atoms with E-state index in [2.05, 4.69) is 10.2 Å². The first-order valence-electron chi connectivity index (χ1n) is 8.83. The molecule has 1 unspecified atom stereocenters. The maximum absolute atomic E-state index is 10.3. The van der Waals surface area contributed by atoms with Crippen LogP contribution in [0.4, 0.5) is 0 Å². The van der Waals surface area contributed by atoms with Gasteiger partial charge in [0.1, 0.15) is 12.7 Å². The van der Waals surface area contributed by atoms with Crippen molar-refractivity contribution < 1.29 is 24.4 Å². The monoisotopic (exact) mass is 354 g/mol. The van der Waals surface area contributed by atoms with Gasteiger partial charge >= 0.3 is 0 Å². The molecule has 1 aliphatic rings. The minimum Gasteiger partial charge on any atom is -0.493 e. The molecule has 0 aliphatic carbocycles. The van der Waals surface area contributed by atoms with Crippen LogP contribution < -0.4 is 14.8 Å². The van der Waals surface area contributed by atoms with Gasteiger partial charge in [0, 0.05) is 38.3 Å². The predicted molar refractivity (Wildman–Crippen MR) is 95.2 cm³/mol. The van der Waals surface area contributed by atoms with Gasteiger partial charge in [-0.1, -0.05) is 12.1 Å². The Morgan fingerprint density at radius 3 is 2.84 bits per heavy atom. The van der Waals surface area contributed by atoms with Crippen molar-refractivity contribution in [3.8, 4) is 11.5 Å². The largest absolute Gasteiger partial charge is 0.493 e. The standard InChI is InChI=1S/C18H30N2O5/c1-23-17-5-2-4-15(12-19-6-3-9-21)18(17)25-14-16(22)13-20-7-10-24-11-8-20/h2,4-5,16,19,21-22H,3,6-14H2,1H3. The van der Waals surface area contributed by atoms with Crippen LogP contribution in [0.15, 0.2) is 18.2 Å². The van der Waals surface area contributed by atoms with E-state index in [9.17, 15) is 5.11 Å². The Labute approximate surface area is 149 Å². The summed E-state index contributed by atoms with van der Waals surface area (Å²) < 4.78 is 16.6. The van der Waals surface area contributed by atoms with Crippen LogP contribution in [0.25, 0.3) is 0 Å². The summed E-state index contributed by atoms with van der Waals surface area (Å²) in [6.07, 6.45) is 0.136. The van der Waals surface area contributed by atoms with Crippen molar-refractivity contribution in [1.82, 2.24) is 10.2 Å². The highest BCUT2D eigenvalue weighted by atomic mass is 16.5. The van der Waals surface area contributed by atoms with Gasteiger partial charge in [0.2, 0.25) is 0 Å². The second kappa shape index (κ2) is 11.3. The number of hydrogen-bond donors (Lipinski definition) is 3. The molecule has 0 spiro atoms. The number of morpholine rings is 1. The minimum atomic E-state index is -0.571. The van der Waals surface area contributed by atoms with E-state index in [0.717, 1.165) is 25.2 Å². The summed E-state index contributed by atoms with van der Waals surface area (Å²) in [7, 11) is 1.61. The second-order valence-corrected chi connectivity index (χ2v) is 6.08. The molecule has 7 nitrogen and oxygen atoms in total. The van der Waals surface area contributed by atoms with E-state index < -0.39 is 6.10 Å². The number of methoxy groups -OCH3 is 1. The summed E-state index contributed by atoms with van der Waals surface area (Å²) in [6, 6.07) is 5.73. The summed E-state index contributed by atoms with van der Waals surface area (Å²) in [5, 5.41) is 22.4. The number of para-hydroxylation sites is 1. The Hall–Kier alpha value is -1.38. The molecule has 2 rings (SSSR count). The number of hydrogen-bond acceptors (Lipinski definition) is 7. The molecule has 0 radical (unpaired) electrons. The van der Waals surface area contributed by atoms with E-state index in [-0.39, 0.29) is 13.2 Å². The third kappa shape index (κ3) is 6.80. The first kappa shape index (κ1) is 19.9. The summed E-state index contributed by atoms with van der Waals surface area (Å²) in [4.78, 5) is 2.18. The summed E-state index contributed by atoms with van der Waals surface area (Å²) in [5.74, 6) is 1.31. The molecule has 0 amide bonds. The van der Waals surface area contributed by atoms with Crippen molar-refractivity contribution in [2.75, 3.05) is 59.7 Å². The lowest BCUT2D eigenvalue weighted by atomic mass is 10.1. The van der Waals surface area contributed by atoms with Gasteiger partial charge in [0.15, 0.2) is 11.5 Å². The molecule has 0 bridgehead atoms. The van der Waals surface area contributed by atoms with Crippen molar-refractivity contribution >= 4 is 0 Å². The van der Waals surface area contributed by atoms with Gasteiger partial charge in [0.25, 0.3) is 0 Å². The number of ether oxygens (including phenoxy) is 3. The van der Waals surface area contributed by atoms with Gasteiger partial charge in [-0.3, -0.25) is 4.90 Å². The van der Waals surface area contributed by atoms with E-state index >= 15 is 0 Å². The first-order chi connectivity index (χ1) is 12.2. The fourth-order valence-corrected chi connectivity index (χ4v) is 2.77. The third-order valence-corrected chi connectivity index (χ3v) is 4.10. The Bertz CT molecular complexity index is 494. The Balaban J connectivity index is 1.89. The normalized spacial score (nSPS) is 16.6. The lowest BCUT2D eigenvalue weighted by Gasteiger charge is -2.28. The smallest absolute Gasteiger partial charge is 0.165 e. The summed E-state index contributed by atoms with van der Waals surface area (Å²) >= 11 is 0. The number of benzene rings is 1. The first-order valence-corrected chi connectivity index (χ1v) is 8.83. The van der Waals surface area contributed by atoms with Crippen molar-refractivity contribution in [1.29, 1.82) is 0 Å². The maximum Gasteiger partial charge on any atom is 0.165 e. The zero-order valence-electron chi connectivity index (χ0n) is 14.9. The molecular weight excluding hydrogens is 324 g/mol. The molecule has 0 saturated carbocycles. The van der Waals surface area contributed by atoms with Gasteiger partial charge < -0.3 is 29.7 Å². The average molecular weight is 354 g/mol. The number of nitrogens with one attached hydrogen (secondary N) is 1. The average Bonchev–Trinajstić information content (AvgIpc) is 2.64. The summed E-state index contributed by atoms with van der Waals surface area (Å²) in [5.41, 5.74) is 0.968. The highest BCUT2D eigenvalue weighted by Crippen LogP contribution is 2.31. The van der Waals surface area contributed by atoms with Gasteiger partial charge in [0.05, 0.1) is 20.3 Å². The van der Waals surface area contributed by atoms with Gasteiger partial charge in [-0.15, -0.1) is 0 Å². The molecule has 1 atom stereocenters. The Morgan fingerprint density at radius 1 is 1.32 bits per heavy atom. The molecule has 25 heavy (non-hydrogen) atoms. The molecular formula is C18H30N2O5. The quantitative estimate of drug-likeness (QED) is 0.491. The number of nitrogens with zero attached hydrogens (tertiary/aromatic N) is 1. The van der Waals surface area contributed by atoms with E-state index in [4.69, 9.17) is 19.3 Å². The van der Waals surface area contributed by atoms with Crippen LogP contribution in [0, 0.1) is 0 Å². The lowest BCUT2D eigenvalue weighted by Crippen LogP contribution is -2.42. The van der Waals surface area contributed by atoms with Crippen LogP contribution in [0.3, 0.4) is 0 Å². The van der Waals surface area contributed by atoms with Crippen molar-refractivity contribution in [3.63, 3.8) is 0 Å². The maximum atomic E-state index is 10.3. The fourth-order valence-electron chi connectivity index (χ4n) is 2.77. The van der Waals surface area contributed by atoms with Gasteiger partial charge in [-0.2, -0.15) is 0 Å². The molecule has 1 saturated heterocycles. The molecule has 1 heterocycles. The minimum absolute atomic E-state index is 0.169. The van der Waals surface area contributed by atoms with Crippen molar-refractivity contribution in [2.24, 2.45) is 0 Å². The van der Waals surface area contributed by atoms with Crippen LogP contribution in [0.1, 0.15) is 12.0 Å². The molecule has 1 fully saturated rings. The molecule has 3 N–H and O–H groups in total. The van der Waals surface area contributed by atoms with E-state index in [0.29, 0.717) is 44.2 Å². The number of aliphatic hydroxyl groups is 2. The topological polar surface area (TPSA) is 83.4 Å². The second-order valence-electron chi connectivity index (χ2n) is 6.08. The molecule has 142 valence electrons. The molecule has 7 heteroatoms. The zero-order valence-corrected chi connectivity index (χ0v) is 14.9. The fraction of sp³-hybridized carbons (Fsp3) is 0.667. The summed E-state index contributed by atoms with van der Waals surface area (Å²) in [6.45, 7) is 5.40. The zero-order chi connectivity index (χ0) is 17.9. The SMILES string of the molecule is COc1cccc(CNCCCO)c1OCC(O)CN1CCOCC1. The number of aliphatic hydroxyl groups excluding tert-OH is 2. The van der Waals surface area contributed by atoms with Crippen molar-refractivity contribution in [3.05, 3.63) is 23.8 Å². The third-order valence-electron chi connectivity index (χ3n) is 4.10. The van der Waals surface area contributed by atoms with Crippen LogP contribution in [0.2, 0.25) is 0 Å².